The highest BCUT2D eigenvalue weighted by molar-refractivity contribution is 7.81. The first-order chi connectivity index (χ1) is 15.8. The van der Waals surface area contributed by atoms with Crippen LogP contribution in [0.25, 0.3) is 0 Å². The van der Waals surface area contributed by atoms with Crippen LogP contribution < -0.4 is 21.5 Å². The SMILES string of the molecule is CC[C@H](C)[C@H](NC(=O)[C@H](S)[C@H]([NH3+])CCC(=O)O)C(=O)N[C@@H](CC(=O)O)C(=O)O.O=C([O-])C(F)(F)F. The lowest BCUT2D eigenvalue weighted by Crippen LogP contribution is -2.68. The highest BCUT2D eigenvalue weighted by atomic mass is 32.1. The summed E-state index contributed by atoms with van der Waals surface area (Å²) in [4.78, 5) is 66.2. The summed E-state index contributed by atoms with van der Waals surface area (Å²) < 4.78 is 31.5. The minimum Gasteiger partial charge on any atom is -0.542 e. The van der Waals surface area contributed by atoms with Gasteiger partial charge in [-0.3, -0.25) is 19.2 Å². The van der Waals surface area contributed by atoms with Crippen molar-refractivity contribution in [1.82, 2.24) is 10.6 Å². The van der Waals surface area contributed by atoms with Gasteiger partial charge in [0.05, 0.1) is 12.8 Å². The van der Waals surface area contributed by atoms with Gasteiger partial charge in [-0.05, 0) is 5.92 Å². The van der Waals surface area contributed by atoms with Gasteiger partial charge in [0.25, 0.3) is 0 Å². The number of carboxylic acid groups (broad SMARTS) is 4. The average Bonchev–Trinajstić information content (AvgIpc) is 2.73. The molecule has 0 bridgehead atoms. The summed E-state index contributed by atoms with van der Waals surface area (Å²) >= 11 is 4.14. The molecule has 13 nitrogen and oxygen atoms in total. The first kappa shape index (κ1) is 34.1. The van der Waals surface area contributed by atoms with Gasteiger partial charge in [-0.15, -0.1) is 0 Å². The zero-order valence-corrected chi connectivity index (χ0v) is 19.6. The van der Waals surface area contributed by atoms with Crippen LogP contribution in [-0.4, -0.2) is 80.6 Å². The number of hydrogen-bond acceptors (Lipinski definition) is 8. The van der Waals surface area contributed by atoms with Crippen molar-refractivity contribution in [2.45, 2.75) is 69.1 Å². The van der Waals surface area contributed by atoms with Crippen LogP contribution in [0.5, 0.6) is 0 Å². The highest BCUT2D eigenvalue weighted by Crippen LogP contribution is 2.12. The van der Waals surface area contributed by atoms with E-state index in [-0.39, 0.29) is 18.8 Å². The van der Waals surface area contributed by atoms with Crippen molar-refractivity contribution < 1.29 is 68.1 Å². The summed E-state index contributed by atoms with van der Waals surface area (Å²) in [7, 11) is 0. The molecule has 0 aliphatic heterocycles. The van der Waals surface area contributed by atoms with Gasteiger partial charge in [0, 0.05) is 6.42 Å². The summed E-state index contributed by atoms with van der Waals surface area (Å²) in [6.07, 6.45) is -5.62. The number of carboxylic acids is 4. The van der Waals surface area contributed by atoms with Gasteiger partial charge >= 0.3 is 24.1 Å². The molecule has 0 aromatic rings. The fourth-order valence-corrected chi connectivity index (χ4v) is 2.48. The maximum atomic E-state index is 12.5. The summed E-state index contributed by atoms with van der Waals surface area (Å²) in [5.74, 6) is -8.82. The number of amides is 2. The first-order valence-electron chi connectivity index (χ1n) is 9.91. The van der Waals surface area contributed by atoms with E-state index in [1.807, 2.05) is 0 Å². The molecular weight excluding hydrogens is 507 g/mol. The fourth-order valence-electron chi connectivity index (χ4n) is 2.26. The van der Waals surface area contributed by atoms with E-state index < -0.39 is 71.7 Å². The molecule has 202 valence electrons. The maximum Gasteiger partial charge on any atom is 0.430 e. The van der Waals surface area contributed by atoms with Crippen molar-refractivity contribution in [2.75, 3.05) is 0 Å². The van der Waals surface area contributed by atoms with Crippen LogP contribution in [-0.2, 0) is 28.8 Å². The lowest BCUT2D eigenvalue weighted by Gasteiger charge is -2.26. The van der Waals surface area contributed by atoms with E-state index >= 15 is 0 Å². The molecule has 2 amide bonds. The zero-order valence-electron chi connectivity index (χ0n) is 18.7. The molecule has 35 heavy (non-hydrogen) atoms. The van der Waals surface area contributed by atoms with E-state index in [1.54, 1.807) is 13.8 Å². The second-order valence-corrected chi connectivity index (χ2v) is 7.85. The van der Waals surface area contributed by atoms with E-state index in [0.717, 1.165) is 0 Å². The molecule has 0 fully saturated rings. The standard InChI is InChI=1S/C16H27N3O8S.C2HF3O2/c1-3-7(2)12(14(24)18-9(16(26)27)6-11(22)23)19-15(25)13(28)8(17)4-5-10(20)21;3-2(4,5)1(6)7/h7-9,12-13,28H,3-6,17H2,1-2H3,(H,18,24)(H,19,25)(H,20,21)(H,22,23)(H,26,27);(H,6,7)/t7-,8+,9-,12-,13+;/m0./s1. The van der Waals surface area contributed by atoms with Crippen molar-refractivity contribution in [3.8, 4) is 0 Å². The van der Waals surface area contributed by atoms with Crippen molar-refractivity contribution in [3.05, 3.63) is 0 Å². The first-order valence-corrected chi connectivity index (χ1v) is 10.4. The third kappa shape index (κ3) is 14.7. The third-order valence-electron chi connectivity index (χ3n) is 4.46. The molecule has 5 atom stereocenters. The topological polar surface area (TPSA) is 238 Å². The molecule has 0 unspecified atom stereocenters. The van der Waals surface area contributed by atoms with Crippen LogP contribution in [0, 0.1) is 5.92 Å². The number of rotatable bonds is 13. The Balaban J connectivity index is 0. The fraction of sp³-hybridized carbons (Fsp3) is 0.667. The molecule has 0 radical (unpaired) electrons. The average molecular weight is 535 g/mol. The van der Waals surface area contributed by atoms with E-state index in [2.05, 4.69) is 29.0 Å². The minimum absolute atomic E-state index is 0.108. The molecular formula is C18H28F3N3O10S. The molecule has 0 rings (SSSR count). The van der Waals surface area contributed by atoms with E-state index in [4.69, 9.17) is 25.2 Å². The van der Waals surface area contributed by atoms with Gasteiger partial charge in [0.15, 0.2) is 0 Å². The molecule has 0 aliphatic rings. The highest BCUT2D eigenvalue weighted by Gasteiger charge is 2.34. The number of thiol groups is 1. The Morgan fingerprint density at radius 1 is 1.00 bits per heavy atom. The van der Waals surface area contributed by atoms with E-state index in [0.29, 0.717) is 6.42 Å². The third-order valence-corrected chi connectivity index (χ3v) is 5.12. The van der Waals surface area contributed by atoms with Crippen molar-refractivity contribution in [1.29, 1.82) is 0 Å². The number of aliphatic carboxylic acids is 4. The van der Waals surface area contributed by atoms with Gasteiger partial charge in [-0.25, -0.2) is 4.79 Å². The number of nitrogens with one attached hydrogen (secondary N) is 2. The number of hydrogen-bond donors (Lipinski definition) is 7. The number of quaternary nitrogens is 1. The molecule has 0 spiro atoms. The van der Waals surface area contributed by atoms with Gasteiger partial charge in [-0.2, -0.15) is 25.8 Å². The van der Waals surface area contributed by atoms with Crippen LogP contribution in [0.4, 0.5) is 13.2 Å². The predicted octanol–water partition coefficient (Wildman–Crippen LogP) is -2.37. The van der Waals surface area contributed by atoms with Crippen molar-refractivity contribution in [3.63, 3.8) is 0 Å². The maximum absolute atomic E-state index is 12.5. The van der Waals surface area contributed by atoms with Crippen LogP contribution in [0.2, 0.25) is 0 Å². The van der Waals surface area contributed by atoms with Crippen LogP contribution in [0.1, 0.15) is 39.5 Å². The Morgan fingerprint density at radius 2 is 1.49 bits per heavy atom. The van der Waals surface area contributed by atoms with Crippen LogP contribution in [0.3, 0.4) is 0 Å². The predicted molar refractivity (Wildman–Crippen MR) is 111 cm³/mol. The summed E-state index contributed by atoms with van der Waals surface area (Å²) in [6, 6.07) is -3.38. The Labute approximate surface area is 202 Å². The second kappa shape index (κ2) is 15.8. The van der Waals surface area contributed by atoms with Gasteiger partial charge in [-0.1, -0.05) is 20.3 Å². The Bertz CT molecular complexity index is 781. The molecule has 0 saturated carbocycles. The number of carbonyl (C=O) groups excluding carboxylic acids is 3. The molecule has 0 heterocycles. The molecule has 0 aromatic heterocycles. The van der Waals surface area contributed by atoms with Gasteiger partial charge in [0.2, 0.25) is 11.8 Å². The van der Waals surface area contributed by atoms with Crippen LogP contribution in [0.15, 0.2) is 0 Å². The van der Waals surface area contributed by atoms with Crippen molar-refractivity contribution in [2.24, 2.45) is 5.92 Å². The van der Waals surface area contributed by atoms with E-state index in [9.17, 15) is 37.1 Å². The molecule has 0 saturated heterocycles. The van der Waals surface area contributed by atoms with Crippen molar-refractivity contribution >= 4 is 48.3 Å². The second-order valence-electron chi connectivity index (χ2n) is 7.29. The van der Waals surface area contributed by atoms with Gasteiger partial charge < -0.3 is 41.6 Å². The lowest BCUT2D eigenvalue weighted by atomic mass is 9.97. The Kier molecular flexibility index (Phi) is 15.3. The summed E-state index contributed by atoms with van der Waals surface area (Å²) in [5.41, 5.74) is 3.71. The normalized spacial score (nSPS) is 15.2. The summed E-state index contributed by atoms with van der Waals surface area (Å²) in [5, 5.41) is 38.9. The molecule has 17 heteroatoms. The number of alkyl halides is 3. The largest absolute Gasteiger partial charge is 0.542 e. The molecule has 0 aromatic carbocycles. The quantitative estimate of drug-likeness (QED) is 0.124. The molecule has 8 N–H and O–H groups in total. The number of carbonyl (C=O) groups is 6. The Morgan fingerprint density at radius 3 is 1.83 bits per heavy atom. The smallest absolute Gasteiger partial charge is 0.430 e. The lowest BCUT2D eigenvalue weighted by molar-refractivity contribution is -0.417. The Hall–Kier alpha value is -3.08. The zero-order chi connectivity index (χ0) is 28.1. The number of halogens is 3. The van der Waals surface area contributed by atoms with Gasteiger partial charge in [0.1, 0.15) is 29.3 Å². The minimum atomic E-state index is -5.19. The summed E-state index contributed by atoms with van der Waals surface area (Å²) in [6.45, 7) is 3.43. The van der Waals surface area contributed by atoms with Crippen LogP contribution >= 0.6 is 12.6 Å². The monoisotopic (exact) mass is 535 g/mol. The molecule has 0 aliphatic carbocycles. The van der Waals surface area contributed by atoms with E-state index in [1.165, 1.54) is 0 Å².